The van der Waals surface area contributed by atoms with Crippen molar-refractivity contribution in [1.82, 2.24) is 19.8 Å². The predicted octanol–water partition coefficient (Wildman–Crippen LogP) is 5.04. The third kappa shape index (κ3) is 5.96. The molecule has 2 N–H and O–H groups in total. The molecule has 0 aliphatic carbocycles. The van der Waals surface area contributed by atoms with Crippen molar-refractivity contribution in [2.45, 2.75) is 89.7 Å². The lowest BCUT2D eigenvalue weighted by Gasteiger charge is -2.24. The van der Waals surface area contributed by atoms with E-state index in [2.05, 4.69) is 15.3 Å². The summed E-state index contributed by atoms with van der Waals surface area (Å²) >= 11 is 0.742. The molecule has 0 aromatic carbocycles. The third-order valence-electron chi connectivity index (χ3n) is 6.63. The smallest absolute Gasteiger partial charge is 0.389 e. The van der Waals surface area contributed by atoms with Gasteiger partial charge in [0.15, 0.2) is 5.01 Å². The molecule has 0 saturated carbocycles. The summed E-state index contributed by atoms with van der Waals surface area (Å²) in [6.07, 6.45) is -0.270. The molecule has 208 valence electrons. The zero-order chi connectivity index (χ0) is 28.2. The molecule has 12 heteroatoms. The molecular weight excluding hydrogens is 519 g/mol. The Kier molecular flexibility index (Phi) is 7.28. The molecule has 0 atom stereocenters. The average molecular weight is 554 g/mol. The van der Waals surface area contributed by atoms with Crippen molar-refractivity contribution >= 4 is 29.0 Å². The largest absolute Gasteiger partial charge is 0.417 e. The van der Waals surface area contributed by atoms with Crippen LogP contribution in [-0.4, -0.2) is 73.5 Å². The molecule has 0 spiro atoms. The molecule has 8 nitrogen and oxygen atoms in total. The van der Waals surface area contributed by atoms with Gasteiger partial charge in [0, 0.05) is 43.0 Å². The van der Waals surface area contributed by atoms with Crippen LogP contribution in [0.4, 0.5) is 19.0 Å². The second kappa shape index (κ2) is 9.78. The number of rotatable bonds is 6. The average Bonchev–Trinajstić information content (AvgIpc) is 3.49. The number of carbonyl (C=O) groups excluding carboxylic acids is 2. The number of carbonyl (C=O) groups is 2. The molecule has 2 aromatic heterocycles. The number of aliphatic hydroxyl groups is 1. The zero-order valence-corrected chi connectivity index (χ0v) is 23.3. The number of aromatic nitrogens is 2. The molecule has 2 aliphatic rings. The second-order valence-electron chi connectivity index (χ2n) is 11.8. The van der Waals surface area contributed by atoms with Gasteiger partial charge in [0.2, 0.25) is 0 Å². The highest BCUT2D eigenvalue weighted by Crippen LogP contribution is 2.44. The fraction of sp³-hybridized carbons (Fsp3) is 0.615. The molecule has 2 aromatic rings. The molecule has 2 aliphatic heterocycles. The molecule has 2 fully saturated rings. The number of nitrogens with one attached hydrogen (secondary N) is 1. The number of alkyl halides is 3. The quantitative estimate of drug-likeness (QED) is 0.520. The van der Waals surface area contributed by atoms with E-state index in [9.17, 15) is 27.9 Å². The number of hydrogen-bond donors (Lipinski definition) is 2. The van der Waals surface area contributed by atoms with Crippen molar-refractivity contribution < 1.29 is 27.9 Å². The summed E-state index contributed by atoms with van der Waals surface area (Å²) in [5.41, 5.74) is -3.15. The molecule has 2 saturated heterocycles. The van der Waals surface area contributed by atoms with Gasteiger partial charge in [-0.1, -0.05) is 0 Å². The van der Waals surface area contributed by atoms with Crippen LogP contribution in [0.25, 0.3) is 10.4 Å². The number of likely N-dealkylation sites (N-methyl/N-ethyl adjacent to an activating group) is 1. The molecule has 4 heterocycles. The van der Waals surface area contributed by atoms with Crippen LogP contribution in [0.3, 0.4) is 0 Å². The van der Waals surface area contributed by atoms with Crippen molar-refractivity contribution in [1.29, 1.82) is 0 Å². The lowest BCUT2D eigenvalue weighted by Crippen LogP contribution is -2.39. The van der Waals surface area contributed by atoms with Gasteiger partial charge in [-0.2, -0.15) is 13.2 Å². The van der Waals surface area contributed by atoms with E-state index in [1.807, 2.05) is 20.8 Å². The van der Waals surface area contributed by atoms with Crippen molar-refractivity contribution in [2.75, 3.05) is 18.9 Å². The molecule has 38 heavy (non-hydrogen) atoms. The number of pyridine rings is 1. The number of thiazole rings is 1. The summed E-state index contributed by atoms with van der Waals surface area (Å²) in [5, 5.41) is 13.0. The third-order valence-corrected chi connectivity index (χ3v) is 7.70. The number of nitrogens with zero attached hydrogens (tertiary/aromatic N) is 4. The maximum absolute atomic E-state index is 14.3. The Labute approximate surface area is 224 Å². The summed E-state index contributed by atoms with van der Waals surface area (Å²) in [5.74, 6) is -1.01. The number of halogens is 3. The van der Waals surface area contributed by atoms with Crippen LogP contribution < -0.4 is 5.32 Å². The standard InChI is InChI=1S/C26H34F3N5O3S/c1-24(2,3)32-18-11-17(26(27,28)29)16(12-30-18)20-19(22(35)34-14-7-8-15(34)10-9-14)31-21(38-20)23(36)33(6)13-25(4,5)37/h11-12,14-15,37H,7-10,13H2,1-6H3,(H,30,32)/t14-,15+. The van der Waals surface area contributed by atoms with Crippen molar-refractivity contribution in [3.05, 3.63) is 28.5 Å². The Morgan fingerprint density at radius 1 is 1.13 bits per heavy atom. The molecule has 2 bridgehead atoms. The lowest BCUT2D eigenvalue weighted by molar-refractivity contribution is -0.137. The molecule has 4 rings (SSSR count). The minimum Gasteiger partial charge on any atom is -0.389 e. The topological polar surface area (TPSA) is 98.7 Å². The van der Waals surface area contributed by atoms with E-state index in [4.69, 9.17) is 0 Å². The molecule has 2 amide bonds. The summed E-state index contributed by atoms with van der Waals surface area (Å²) in [6, 6.07) is 0.978. The number of amides is 2. The van der Waals surface area contributed by atoms with Gasteiger partial charge in [-0.15, -0.1) is 11.3 Å². The molecular formula is C26H34F3N5O3S. The Morgan fingerprint density at radius 3 is 2.21 bits per heavy atom. The molecule has 0 radical (unpaired) electrons. The van der Waals surface area contributed by atoms with Gasteiger partial charge in [0.1, 0.15) is 11.5 Å². The Hall–Kier alpha value is -2.73. The van der Waals surface area contributed by atoms with Gasteiger partial charge in [-0.05, 0) is 66.4 Å². The van der Waals surface area contributed by atoms with Gasteiger partial charge in [-0.25, -0.2) is 9.97 Å². The fourth-order valence-corrected chi connectivity index (χ4v) is 6.32. The fourth-order valence-electron chi connectivity index (χ4n) is 5.24. The van der Waals surface area contributed by atoms with Crippen LogP contribution in [-0.2, 0) is 6.18 Å². The minimum atomic E-state index is -4.74. The van der Waals surface area contributed by atoms with Gasteiger partial charge in [-0.3, -0.25) is 9.59 Å². The highest BCUT2D eigenvalue weighted by atomic mass is 32.1. The molecule has 0 unspecified atom stereocenters. The predicted molar refractivity (Wildman–Crippen MR) is 139 cm³/mol. The van der Waals surface area contributed by atoms with Crippen LogP contribution in [0, 0.1) is 0 Å². The SMILES string of the molecule is CN(CC(C)(C)O)C(=O)c1nc(C(=O)N2[C@H]3CC[C@@H]2CC3)c(-c2cnc(NC(C)(C)C)cc2C(F)(F)F)s1. The maximum atomic E-state index is 14.3. The van der Waals surface area contributed by atoms with Crippen LogP contribution in [0.5, 0.6) is 0 Å². The van der Waals surface area contributed by atoms with E-state index in [1.165, 1.54) is 25.8 Å². The van der Waals surface area contributed by atoms with Gasteiger partial charge < -0.3 is 20.2 Å². The van der Waals surface area contributed by atoms with Gasteiger partial charge in [0.05, 0.1) is 16.0 Å². The number of hydrogen-bond acceptors (Lipinski definition) is 7. The number of fused-ring (bicyclic) bond motifs is 2. The van der Waals surface area contributed by atoms with Gasteiger partial charge in [0.25, 0.3) is 11.8 Å². The van der Waals surface area contributed by atoms with Crippen molar-refractivity contribution in [2.24, 2.45) is 0 Å². The van der Waals surface area contributed by atoms with Crippen LogP contribution >= 0.6 is 11.3 Å². The van der Waals surface area contributed by atoms with Crippen molar-refractivity contribution in [3.63, 3.8) is 0 Å². The van der Waals surface area contributed by atoms with E-state index in [-0.39, 0.29) is 45.6 Å². The van der Waals surface area contributed by atoms with E-state index >= 15 is 0 Å². The minimum absolute atomic E-state index is 0.0250. The highest BCUT2D eigenvalue weighted by Gasteiger charge is 2.45. The second-order valence-corrected chi connectivity index (χ2v) is 12.8. The Bertz CT molecular complexity index is 1210. The van der Waals surface area contributed by atoms with E-state index in [0.29, 0.717) is 0 Å². The Morgan fingerprint density at radius 2 is 1.71 bits per heavy atom. The van der Waals surface area contributed by atoms with E-state index < -0.39 is 34.7 Å². The van der Waals surface area contributed by atoms with E-state index in [1.54, 1.807) is 4.90 Å². The van der Waals surface area contributed by atoms with Crippen LogP contribution in [0.2, 0.25) is 0 Å². The normalized spacial score (nSPS) is 19.7. The summed E-state index contributed by atoms with van der Waals surface area (Å²) in [7, 11) is 1.47. The summed E-state index contributed by atoms with van der Waals surface area (Å²) in [6.45, 7) is 8.47. The monoisotopic (exact) mass is 553 g/mol. The first-order chi connectivity index (χ1) is 17.4. The van der Waals surface area contributed by atoms with Crippen LogP contribution in [0.1, 0.15) is 86.2 Å². The first-order valence-electron chi connectivity index (χ1n) is 12.6. The first-order valence-corrected chi connectivity index (χ1v) is 13.4. The van der Waals surface area contributed by atoms with E-state index in [0.717, 1.165) is 49.3 Å². The summed E-state index contributed by atoms with van der Waals surface area (Å²) in [4.78, 5) is 38.4. The summed E-state index contributed by atoms with van der Waals surface area (Å²) < 4.78 is 43.0. The number of anilines is 1. The van der Waals surface area contributed by atoms with Crippen molar-refractivity contribution in [3.8, 4) is 10.4 Å². The Balaban J connectivity index is 1.83. The maximum Gasteiger partial charge on any atom is 0.417 e. The lowest BCUT2D eigenvalue weighted by atomic mass is 10.0. The first kappa shape index (κ1) is 28.3. The van der Waals surface area contributed by atoms with Crippen LogP contribution in [0.15, 0.2) is 12.3 Å². The highest BCUT2D eigenvalue weighted by molar-refractivity contribution is 7.17. The zero-order valence-electron chi connectivity index (χ0n) is 22.4. The van der Waals surface area contributed by atoms with Gasteiger partial charge >= 0.3 is 6.18 Å².